The normalized spacial score (nSPS) is 12.5. The van der Waals surface area contributed by atoms with E-state index >= 15 is 0 Å². The minimum atomic E-state index is 0.130. The van der Waals surface area contributed by atoms with E-state index in [2.05, 4.69) is 144 Å². The van der Waals surface area contributed by atoms with Gasteiger partial charge in [0.2, 0.25) is 0 Å². The molecule has 0 bridgehead atoms. The molecule has 8 aromatic carbocycles. The predicted octanol–water partition coefficient (Wildman–Crippen LogP) is 12.6. The van der Waals surface area contributed by atoms with E-state index in [4.69, 9.17) is 10.7 Å². The smallest absolute Gasteiger partial charge is 0.154 e. The Morgan fingerprint density at radius 2 is 1.15 bits per heavy atom. The molecule has 244 valence electrons. The molecule has 0 amide bonds. The van der Waals surface area contributed by atoms with Crippen LogP contribution < -0.4 is 5.73 Å². The number of amidine groups is 2. The van der Waals surface area contributed by atoms with Gasteiger partial charge >= 0.3 is 0 Å². The minimum absolute atomic E-state index is 0.130. The second kappa shape index (κ2) is 11.1. The van der Waals surface area contributed by atoms with E-state index in [1.165, 1.54) is 57.2 Å². The van der Waals surface area contributed by atoms with Gasteiger partial charge in [-0.25, -0.2) is 4.99 Å². The summed E-state index contributed by atoms with van der Waals surface area (Å²) < 4.78 is 7.08. The van der Waals surface area contributed by atoms with Crippen molar-refractivity contribution in [3.05, 3.63) is 163 Å². The van der Waals surface area contributed by atoms with E-state index < -0.39 is 0 Å². The predicted molar refractivity (Wildman–Crippen MR) is 226 cm³/mol. The van der Waals surface area contributed by atoms with Crippen LogP contribution in [0.1, 0.15) is 11.1 Å². The van der Waals surface area contributed by atoms with Crippen molar-refractivity contribution in [2.75, 3.05) is 0 Å². The number of nitrogens with one attached hydrogen (secondary N) is 1. The monoisotopic (exact) mass is 700 g/mol. The van der Waals surface area contributed by atoms with Crippen molar-refractivity contribution >= 4 is 118 Å². The van der Waals surface area contributed by atoms with E-state index in [0.29, 0.717) is 11.4 Å². The van der Waals surface area contributed by atoms with Crippen LogP contribution in [0.4, 0.5) is 0 Å². The minimum Gasteiger partial charge on any atom is -0.383 e. The second-order valence-electron chi connectivity index (χ2n) is 13.3. The van der Waals surface area contributed by atoms with Crippen molar-refractivity contribution in [2.24, 2.45) is 10.7 Å². The van der Waals surface area contributed by atoms with Crippen LogP contribution in [0.3, 0.4) is 0 Å². The van der Waals surface area contributed by atoms with Crippen molar-refractivity contribution in [2.45, 2.75) is 0 Å². The first-order valence-corrected chi connectivity index (χ1v) is 18.9. The van der Waals surface area contributed by atoms with Crippen LogP contribution >= 0.6 is 22.7 Å². The summed E-state index contributed by atoms with van der Waals surface area (Å²) >= 11 is 3.51. The zero-order valence-electron chi connectivity index (χ0n) is 27.7. The van der Waals surface area contributed by atoms with Crippen LogP contribution in [-0.2, 0) is 0 Å². The maximum absolute atomic E-state index is 9.46. The number of hydrogen-bond donors (Lipinski definition) is 2. The molecule has 4 nitrogen and oxygen atoms in total. The standard InChI is InChI=1S/C46H28N4S2/c47-45(49-46(48)34-17-9-16-33-31-14-5-7-18-40(31)51-43(33)34)29-23-35-32-15-6-8-19-41(32)52-44(35)39(25-29)50-37-21-20-26-10-3-4-13-30(26)42(37)36-22-27-11-1-2-12-28(27)24-38(36)50/h1-25H,(H3,47,48,49). The lowest BCUT2D eigenvalue weighted by Crippen LogP contribution is -2.16. The SMILES string of the molecule is N=C(N=C(N)c1cccc2c1sc1ccccc12)c1cc(-n2c3cc4ccccc4cc3c3c4ccccc4ccc32)c2sc3ccccc3c2c1. The molecule has 52 heavy (non-hydrogen) atoms. The highest BCUT2D eigenvalue weighted by Gasteiger charge is 2.21. The maximum Gasteiger partial charge on any atom is 0.154 e. The fourth-order valence-electron chi connectivity index (χ4n) is 8.04. The van der Waals surface area contributed by atoms with E-state index in [1.54, 1.807) is 22.7 Å². The number of aromatic nitrogens is 1. The number of nitrogens with zero attached hydrogens (tertiary/aromatic N) is 2. The molecule has 0 radical (unpaired) electrons. The highest BCUT2D eigenvalue weighted by molar-refractivity contribution is 7.26. The lowest BCUT2D eigenvalue weighted by Gasteiger charge is -2.13. The Bertz CT molecular complexity index is 3340. The summed E-state index contributed by atoms with van der Waals surface area (Å²) in [5.74, 6) is 0.472. The summed E-state index contributed by atoms with van der Waals surface area (Å²) in [6.45, 7) is 0. The molecule has 3 N–H and O–H groups in total. The molecule has 11 rings (SSSR count). The number of nitrogens with two attached hydrogens (primary N) is 1. The summed E-state index contributed by atoms with van der Waals surface area (Å²) in [6.07, 6.45) is 0. The van der Waals surface area contributed by atoms with E-state index in [-0.39, 0.29) is 5.84 Å². The average molecular weight is 701 g/mol. The van der Waals surface area contributed by atoms with Gasteiger partial charge in [0.15, 0.2) is 5.84 Å². The molecule has 3 aromatic heterocycles. The van der Waals surface area contributed by atoms with Gasteiger partial charge in [-0.05, 0) is 70.1 Å². The van der Waals surface area contributed by atoms with Gasteiger partial charge in [0, 0.05) is 57.5 Å². The molecule has 3 heterocycles. The van der Waals surface area contributed by atoms with E-state index in [0.717, 1.165) is 37.8 Å². The van der Waals surface area contributed by atoms with E-state index in [9.17, 15) is 5.41 Å². The van der Waals surface area contributed by atoms with Gasteiger partial charge in [-0.2, -0.15) is 0 Å². The summed E-state index contributed by atoms with van der Waals surface area (Å²) in [5.41, 5.74) is 11.7. The van der Waals surface area contributed by atoms with Gasteiger partial charge < -0.3 is 10.3 Å². The van der Waals surface area contributed by atoms with Crippen molar-refractivity contribution in [3.63, 3.8) is 0 Å². The van der Waals surface area contributed by atoms with Gasteiger partial charge in [0.05, 0.1) is 21.4 Å². The average Bonchev–Trinajstić information content (AvgIpc) is 3.86. The van der Waals surface area contributed by atoms with Crippen LogP contribution in [0.2, 0.25) is 0 Å². The summed E-state index contributed by atoms with van der Waals surface area (Å²) in [4.78, 5) is 4.82. The molecular formula is C46H28N4S2. The largest absolute Gasteiger partial charge is 0.383 e. The van der Waals surface area contributed by atoms with Crippen LogP contribution in [0, 0.1) is 5.41 Å². The van der Waals surface area contributed by atoms with Crippen molar-refractivity contribution < 1.29 is 0 Å². The molecule has 0 saturated heterocycles. The molecule has 6 heteroatoms. The maximum atomic E-state index is 9.46. The second-order valence-corrected chi connectivity index (χ2v) is 15.4. The van der Waals surface area contributed by atoms with Gasteiger partial charge in [-0.15, -0.1) is 22.7 Å². The Morgan fingerprint density at radius 1 is 0.519 bits per heavy atom. The Labute approximate surface area is 305 Å². The number of benzene rings is 8. The molecule has 0 spiro atoms. The molecule has 0 saturated carbocycles. The Kier molecular flexibility index (Phi) is 6.26. The van der Waals surface area contributed by atoms with Crippen molar-refractivity contribution in [3.8, 4) is 5.69 Å². The number of aliphatic imine (C=N–C) groups is 1. The van der Waals surface area contributed by atoms with Crippen LogP contribution in [0.15, 0.2) is 157 Å². The molecule has 0 atom stereocenters. The van der Waals surface area contributed by atoms with Crippen LogP contribution in [0.25, 0.3) is 89.4 Å². The molecule has 0 aliphatic carbocycles. The molecule has 0 aliphatic rings. The van der Waals surface area contributed by atoms with Gasteiger partial charge in [0.1, 0.15) is 5.84 Å². The summed E-state index contributed by atoms with van der Waals surface area (Å²) in [6, 6.07) is 53.8. The molecular weight excluding hydrogens is 673 g/mol. The summed E-state index contributed by atoms with van der Waals surface area (Å²) in [5, 5.41) is 21.4. The Hall–Kier alpha value is -6.34. The quantitative estimate of drug-likeness (QED) is 0.140. The number of rotatable bonds is 3. The number of fused-ring (bicyclic) bond motifs is 12. The lowest BCUT2D eigenvalue weighted by molar-refractivity contribution is 1.20. The Morgan fingerprint density at radius 3 is 1.94 bits per heavy atom. The van der Waals surface area contributed by atoms with Crippen molar-refractivity contribution in [1.82, 2.24) is 4.57 Å². The molecule has 11 aromatic rings. The third-order valence-corrected chi connectivity index (χ3v) is 12.8. The first kappa shape index (κ1) is 29.4. The third-order valence-electron chi connectivity index (χ3n) is 10.4. The number of hydrogen-bond acceptors (Lipinski definition) is 3. The lowest BCUT2D eigenvalue weighted by atomic mass is 10.0. The first-order valence-electron chi connectivity index (χ1n) is 17.2. The highest BCUT2D eigenvalue weighted by Crippen LogP contribution is 2.44. The molecule has 0 fully saturated rings. The van der Waals surface area contributed by atoms with Gasteiger partial charge in [-0.1, -0.05) is 103 Å². The van der Waals surface area contributed by atoms with Crippen LogP contribution in [0.5, 0.6) is 0 Å². The molecule has 0 unspecified atom stereocenters. The highest BCUT2D eigenvalue weighted by atomic mass is 32.1. The number of thiophene rings is 2. The zero-order chi connectivity index (χ0) is 34.5. The topological polar surface area (TPSA) is 67.2 Å². The first-order chi connectivity index (χ1) is 25.6. The Balaban J connectivity index is 1.19. The van der Waals surface area contributed by atoms with Crippen LogP contribution in [-0.4, -0.2) is 16.2 Å². The fourth-order valence-corrected chi connectivity index (χ4v) is 10.5. The summed E-state index contributed by atoms with van der Waals surface area (Å²) in [7, 11) is 0. The zero-order valence-corrected chi connectivity index (χ0v) is 29.4. The van der Waals surface area contributed by atoms with E-state index in [1.807, 2.05) is 12.1 Å². The molecule has 0 aliphatic heterocycles. The van der Waals surface area contributed by atoms with Gasteiger partial charge in [0.25, 0.3) is 0 Å². The van der Waals surface area contributed by atoms with Gasteiger partial charge in [-0.3, -0.25) is 5.41 Å². The fraction of sp³-hybridized carbons (Fsp3) is 0. The third kappa shape index (κ3) is 4.25. The van der Waals surface area contributed by atoms with Crippen molar-refractivity contribution in [1.29, 1.82) is 5.41 Å².